The zero-order valence-corrected chi connectivity index (χ0v) is 9.67. The molecule has 0 bridgehead atoms. The van der Waals surface area contributed by atoms with Gasteiger partial charge in [0.05, 0.1) is 0 Å². The number of nitrogens with zero attached hydrogens (tertiary/aromatic N) is 1. The quantitative estimate of drug-likeness (QED) is 0.621. The van der Waals surface area contributed by atoms with Crippen molar-refractivity contribution < 1.29 is 0 Å². The van der Waals surface area contributed by atoms with Crippen molar-refractivity contribution in [2.45, 2.75) is 64.3 Å². The van der Waals surface area contributed by atoms with Gasteiger partial charge in [-0.05, 0) is 44.7 Å². The summed E-state index contributed by atoms with van der Waals surface area (Å²) in [5.41, 5.74) is 0. The molecule has 0 aromatic carbocycles. The summed E-state index contributed by atoms with van der Waals surface area (Å²) >= 11 is 0. The van der Waals surface area contributed by atoms with Crippen LogP contribution >= 0.6 is 0 Å². The predicted molar refractivity (Wildman–Crippen MR) is 61.5 cm³/mol. The second-order valence-corrected chi connectivity index (χ2v) is 5.14. The SMILES string of the molecule is CCCCCN1CCC2CCCCC21. The monoisotopic (exact) mass is 195 g/mol. The lowest BCUT2D eigenvalue weighted by atomic mass is 9.85. The molecule has 2 fully saturated rings. The van der Waals surface area contributed by atoms with Crippen molar-refractivity contribution in [3.8, 4) is 0 Å². The van der Waals surface area contributed by atoms with Crippen molar-refractivity contribution in [3.05, 3.63) is 0 Å². The number of unbranched alkanes of at least 4 members (excludes halogenated alkanes) is 2. The maximum absolute atomic E-state index is 2.79. The van der Waals surface area contributed by atoms with Crippen molar-refractivity contribution in [2.75, 3.05) is 13.1 Å². The average Bonchev–Trinajstić information content (AvgIpc) is 2.63. The van der Waals surface area contributed by atoms with Gasteiger partial charge in [-0.2, -0.15) is 0 Å². The van der Waals surface area contributed by atoms with Crippen LogP contribution in [0.3, 0.4) is 0 Å². The van der Waals surface area contributed by atoms with E-state index >= 15 is 0 Å². The molecule has 0 radical (unpaired) electrons. The van der Waals surface area contributed by atoms with Gasteiger partial charge < -0.3 is 4.90 Å². The van der Waals surface area contributed by atoms with E-state index in [1.54, 1.807) is 0 Å². The lowest BCUT2D eigenvalue weighted by Gasteiger charge is -2.31. The van der Waals surface area contributed by atoms with Gasteiger partial charge in [0.2, 0.25) is 0 Å². The topological polar surface area (TPSA) is 3.24 Å². The minimum atomic E-state index is 0.987. The second-order valence-electron chi connectivity index (χ2n) is 5.14. The summed E-state index contributed by atoms with van der Waals surface area (Å²) in [7, 11) is 0. The van der Waals surface area contributed by atoms with Gasteiger partial charge in [-0.25, -0.2) is 0 Å². The third-order valence-corrected chi connectivity index (χ3v) is 4.17. The van der Waals surface area contributed by atoms with E-state index in [0.717, 1.165) is 12.0 Å². The van der Waals surface area contributed by atoms with Gasteiger partial charge >= 0.3 is 0 Å². The summed E-state index contributed by atoms with van der Waals surface area (Å²) in [5, 5.41) is 0. The molecule has 2 rings (SSSR count). The van der Waals surface area contributed by atoms with Crippen LogP contribution in [0.4, 0.5) is 0 Å². The van der Waals surface area contributed by atoms with Gasteiger partial charge in [-0.3, -0.25) is 0 Å². The molecule has 1 aliphatic heterocycles. The molecule has 1 nitrogen and oxygen atoms in total. The van der Waals surface area contributed by atoms with Crippen LogP contribution in [0, 0.1) is 5.92 Å². The Labute approximate surface area is 88.9 Å². The molecule has 1 saturated heterocycles. The average molecular weight is 195 g/mol. The molecule has 14 heavy (non-hydrogen) atoms. The van der Waals surface area contributed by atoms with E-state index in [2.05, 4.69) is 11.8 Å². The van der Waals surface area contributed by atoms with Crippen molar-refractivity contribution in [1.82, 2.24) is 4.90 Å². The van der Waals surface area contributed by atoms with E-state index in [0.29, 0.717) is 0 Å². The summed E-state index contributed by atoms with van der Waals surface area (Å²) in [6, 6.07) is 0.987. The fourth-order valence-corrected chi connectivity index (χ4v) is 3.35. The van der Waals surface area contributed by atoms with Gasteiger partial charge in [0.1, 0.15) is 0 Å². The molecule has 2 unspecified atom stereocenters. The summed E-state index contributed by atoms with van der Waals surface area (Å²) in [6.07, 6.45) is 11.7. The summed E-state index contributed by atoms with van der Waals surface area (Å²) in [4.78, 5) is 2.79. The highest BCUT2D eigenvalue weighted by molar-refractivity contribution is 4.89. The van der Waals surface area contributed by atoms with Gasteiger partial charge in [0.15, 0.2) is 0 Å². The number of hydrogen-bond acceptors (Lipinski definition) is 1. The normalized spacial score (nSPS) is 33.2. The van der Waals surface area contributed by atoms with Crippen LogP contribution < -0.4 is 0 Å². The van der Waals surface area contributed by atoms with Gasteiger partial charge in [0, 0.05) is 6.04 Å². The molecule has 1 heteroatoms. The number of fused-ring (bicyclic) bond motifs is 1. The Bertz CT molecular complexity index is 167. The van der Waals surface area contributed by atoms with E-state index in [9.17, 15) is 0 Å². The van der Waals surface area contributed by atoms with Crippen LogP contribution in [0.5, 0.6) is 0 Å². The van der Waals surface area contributed by atoms with E-state index in [4.69, 9.17) is 0 Å². The molecular weight excluding hydrogens is 170 g/mol. The Kier molecular flexibility index (Phi) is 3.86. The molecule has 0 aromatic heterocycles. The fourth-order valence-electron chi connectivity index (χ4n) is 3.35. The molecule has 1 heterocycles. The van der Waals surface area contributed by atoms with Crippen LogP contribution in [0.1, 0.15) is 58.3 Å². The first-order valence-corrected chi connectivity index (χ1v) is 6.66. The summed E-state index contributed by atoms with van der Waals surface area (Å²) in [5.74, 6) is 1.07. The van der Waals surface area contributed by atoms with Crippen LogP contribution in [0.2, 0.25) is 0 Å². The Hall–Kier alpha value is -0.0400. The van der Waals surface area contributed by atoms with Crippen LogP contribution in [-0.4, -0.2) is 24.0 Å². The maximum atomic E-state index is 2.79. The van der Waals surface area contributed by atoms with E-state index < -0.39 is 0 Å². The number of likely N-dealkylation sites (tertiary alicyclic amines) is 1. The number of rotatable bonds is 4. The lowest BCUT2D eigenvalue weighted by molar-refractivity contribution is 0.180. The van der Waals surface area contributed by atoms with E-state index in [1.807, 2.05) is 0 Å². The van der Waals surface area contributed by atoms with Gasteiger partial charge in [-0.1, -0.05) is 32.6 Å². The van der Waals surface area contributed by atoms with E-state index in [-0.39, 0.29) is 0 Å². The first kappa shape index (κ1) is 10.5. The Balaban J connectivity index is 1.76. The lowest BCUT2D eigenvalue weighted by Crippen LogP contribution is -2.35. The molecular formula is C13H25N. The first-order valence-electron chi connectivity index (χ1n) is 6.66. The molecule has 0 aromatic rings. The zero-order chi connectivity index (χ0) is 9.80. The highest BCUT2D eigenvalue weighted by atomic mass is 15.2. The molecule has 2 atom stereocenters. The molecule has 1 aliphatic carbocycles. The molecule has 0 spiro atoms. The molecule has 0 amide bonds. The first-order chi connectivity index (χ1) is 6.92. The highest BCUT2D eigenvalue weighted by Gasteiger charge is 2.34. The third kappa shape index (κ3) is 2.31. The van der Waals surface area contributed by atoms with Gasteiger partial charge in [0.25, 0.3) is 0 Å². The minimum Gasteiger partial charge on any atom is -0.300 e. The van der Waals surface area contributed by atoms with Gasteiger partial charge in [-0.15, -0.1) is 0 Å². The standard InChI is InChI=1S/C13H25N/c1-2-3-6-10-14-11-9-12-7-4-5-8-13(12)14/h12-13H,2-11H2,1H3. The van der Waals surface area contributed by atoms with Crippen molar-refractivity contribution >= 4 is 0 Å². The zero-order valence-electron chi connectivity index (χ0n) is 9.67. The third-order valence-electron chi connectivity index (χ3n) is 4.17. The van der Waals surface area contributed by atoms with E-state index in [1.165, 1.54) is 64.5 Å². The van der Waals surface area contributed by atoms with Crippen molar-refractivity contribution in [1.29, 1.82) is 0 Å². The van der Waals surface area contributed by atoms with Crippen LogP contribution in [0.15, 0.2) is 0 Å². The molecule has 2 aliphatic rings. The van der Waals surface area contributed by atoms with Crippen LogP contribution in [-0.2, 0) is 0 Å². The molecule has 1 saturated carbocycles. The predicted octanol–water partition coefficient (Wildman–Crippen LogP) is 3.44. The molecule has 82 valence electrons. The highest BCUT2D eigenvalue weighted by Crippen LogP contribution is 2.36. The van der Waals surface area contributed by atoms with Crippen molar-refractivity contribution in [2.24, 2.45) is 5.92 Å². The summed E-state index contributed by atoms with van der Waals surface area (Å²) < 4.78 is 0. The Morgan fingerprint density at radius 3 is 2.79 bits per heavy atom. The maximum Gasteiger partial charge on any atom is 0.0124 e. The minimum absolute atomic E-state index is 0.987. The fraction of sp³-hybridized carbons (Fsp3) is 1.00. The second kappa shape index (κ2) is 5.16. The largest absolute Gasteiger partial charge is 0.300 e. The van der Waals surface area contributed by atoms with Crippen LogP contribution in [0.25, 0.3) is 0 Å². The number of hydrogen-bond donors (Lipinski definition) is 0. The Morgan fingerprint density at radius 2 is 1.93 bits per heavy atom. The summed E-state index contributed by atoms with van der Waals surface area (Å²) in [6.45, 7) is 5.08. The Morgan fingerprint density at radius 1 is 1.07 bits per heavy atom. The van der Waals surface area contributed by atoms with Crippen molar-refractivity contribution in [3.63, 3.8) is 0 Å². The molecule has 0 N–H and O–H groups in total. The smallest absolute Gasteiger partial charge is 0.0124 e.